The molecule has 2 bridgehead atoms. The lowest BCUT2D eigenvalue weighted by Gasteiger charge is -2.27. The van der Waals surface area contributed by atoms with Gasteiger partial charge in [-0.05, 0) is 36.7 Å². The van der Waals surface area contributed by atoms with Gasteiger partial charge in [-0.3, -0.25) is 14.3 Å². The smallest absolute Gasteiger partial charge is 0.272 e. The molecule has 1 aromatic heterocycles. The fourth-order valence-corrected chi connectivity index (χ4v) is 4.97. The van der Waals surface area contributed by atoms with Crippen molar-refractivity contribution in [1.82, 2.24) is 20.0 Å². The molecule has 3 atom stereocenters. The Kier molecular flexibility index (Phi) is 3.99. The first kappa shape index (κ1) is 16.5. The summed E-state index contributed by atoms with van der Waals surface area (Å²) < 4.78 is 1.68. The number of amides is 2. The quantitative estimate of drug-likeness (QED) is 0.906. The molecule has 0 radical (unpaired) electrons. The van der Waals surface area contributed by atoms with E-state index < -0.39 is 0 Å². The van der Waals surface area contributed by atoms with Crippen molar-refractivity contribution in [3.63, 3.8) is 0 Å². The molecule has 2 aromatic rings. The van der Waals surface area contributed by atoms with Crippen molar-refractivity contribution in [3.05, 3.63) is 53.3 Å². The highest BCUT2D eigenvalue weighted by Crippen LogP contribution is 2.44. The van der Waals surface area contributed by atoms with Gasteiger partial charge in [-0.25, -0.2) is 0 Å². The number of carbonyl (C=O) groups excluding carboxylic acids is 2. The van der Waals surface area contributed by atoms with Crippen molar-refractivity contribution >= 4 is 11.8 Å². The van der Waals surface area contributed by atoms with Crippen LogP contribution < -0.4 is 5.32 Å². The van der Waals surface area contributed by atoms with E-state index in [4.69, 9.17) is 0 Å². The summed E-state index contributed by atoms with van der Waals surface area (Å²) in [6.07, 6.45) is 4.87. The summed E-state index contributed by atoms with van der Waals surface area (Å²) in [6.45, 7) is 1.81. The van der Waals surface area contributed by atoms with Crippen LogP contribution in [0, 0.1) is 11.8 Å². The monoisotopic (exact) mass is 364 g/mol. The predicted molar refractivity (Wildman–Crippen MR) is 100 cm³/mol. The second-order valence-electron chi connectivity index (χ2n) is 8.11. The lowest BCUT2D eigenvalue weighted by atomic mass is 9.95. The van der Waals surface area contributed by atoms with E-state index in [2.05, 4.69) is 10.4 Å². The molecule has 2 amide bonds. The lowest BCUT2D eigenvalue weighted by molar-refractivity contribution is 0.0683. The number of nitrogens with zero attached hydrogens (tertiary/aromatic N) is 3. The van der Waals surface area contributed by atoms with Crippen LogP contribution in [0.2, 0.25) is 0 Å². The molecule has 6 heteroatoms. The Morgan fingerprint density at radius 3 is 2.74 bits per heavy atom. The van der Waals surface area contributed by atoms with Crippen LogP contribution in [0.25, 0.3) is 0 Å². The summed E-state index contributed by atoms with van der Waals surface area (Å²) >= 11 is 0. The Morgan fingerprint density at radius 1 is 1.15 bits per heavy atom. The van der Waals surface area contributed by atoms with E-state index in [1.54, 1.807) is 10.7 Å². The van der Waals surface area contributed by atoms with Gasteiger partial charge in [0.05, 0.1) is 6.54 Å². The SMILES string of the molecule is O=C(NC1CC2CCC1C2)c1cc2n(n1)CCN(Cc1ccccc1)C2=O. The zero-order valence-electron chi connectivity index (χ0n) is 15.3. The minimum Gasteiger partial charge on any atom is -0.348 e. The van der Waals surface area contributed by atoms with E-state index in [1.807, 2.05) is 35.2 Å². The Morgan fingerprint density at radius 2 is 2.00 bits per heavy atom. The molecular weight excluding hydrogens is 340 g/mol. The Hall–Kier alpha value is -2.63. The van der Waals surface area contributed by atoms with Gasteiger partial charge >= 0.3 is 0 Å². The van der Waals surface area contributed by atoms with E-state index in [-0.39, 0.29) is 17.9 Å². The van der Waals surface area contributed by atoms with Crippen LogP contribution in [0.15, 0.2) is 36.4 Å². The molecule has 1 N–H and O–H groups in total. The standard InChI is InChI=1S/C21H24N4O2/c26-20(22-17-11-15-6-7-16(17)10-15)18-12-19-21(27)24(8-9-25(19)23-18)13-14-4-2-1-3-5-14/h1-5,12,15-17H,6-11,13H2,(H,22,26). The first-order chi connectivity index (χ1) is 13.2. The second kappa shape index (κ2) is 6.51. The maximum atomic E-state index is 12.8. The number of nitrogens with one attached hydrogen (secondary N) is 1. The van der Waals surface area contributed by atoms with Gasteiger partial charge in [-0.2, -0.15) is 5.10 Å². The molecule has 1 aromatic carbocycles. The number of benzene rings is 1. The van der Waals surface area contributed by atoms with E-state index >= 15 is 0 Å². The van der Waals surface area contributed by atoms with Crippen molar-refractivity contribution in [3.8, 4) is 0 Å². The number of fused-ring (bicyclic) bond motifs is 3. The lowest BCUT2D eigenvalue weighted by Crippen LogP contribution is -2.39. The first-order valence-corrected chi connectivity index (χ1v) is 9.89. The number of rotatable bonds is 4. The van der Waals surface area contributed by atoms with Crippen molar-refractivity contribution < 1.29 is 9.59 Å². The van der Waals surface area contributed by atoms with Gasteiger partial charge in [0.15, 0.2) is 5.69 Å². The van der Waals surface area contributed by atoms with Crippen molar-refractivity contribution in [2.45, 2.75) is 44.8 Å². The third-order valence-electron chi connectivity index (χ3n) is 6.37. The maximum Gasteiger partial charge on any atom is 0.272 e. The zero-order valence-corrected chi connectivity index (χ0v) is 15.3. The summed E-state index contributed by atoms with van der Waals surface area (Å²) in [7, 11) is 0. The minimum absolute atomic E-state index is 0.0587. The number of hydrogen-bond donors (Lipinski definition) is 1. The molecule has 3 unspecified atom stereocenters. The van der Waals surface area contributed by atoms with Crippen molar-refractivity contribution in [2.24, 2.45) is 11.8 Å². The van der Waals surface area contributed by atoms with E-state index in [0.717, 1.165) is 17.9 Å². The largest absolute Gasteiger partial charge is 0.348 e. The molecule has 0 saturated heterocycles. The fraction of sp³-hybridized carbons (Fsp3) is 0.476. The Balaban J connectivity index is 1.29. The molecule has 6 nitrogen and oxygen atoms in total. The minimum atomic E-state index is -0.142. The van der Waals surface area contributed by atoms with Gasteiger partial charge in [0.2, 0.25) is 0 Å². The van der Waals surface area contributed by atoms with Gasteiger partial charge in [0, 0.05) is 25.2 Å². The molecule has 2 fully saturated rings. The van der Waals surface area contributed by atoms with E-state index in [9.17, 15) is 9.59 Å². The molecular formula is C21H24N4O2. The highest BCUT2D eigenvalue weighted by Gasteiger charge is 2.40. The van der Waals surface area contributed by atoms with Crippen LogP contribution in [0.5, 0.6) is 0 Å². The normalized spacial score (nSPS) is 26.3. The summed E-state index contributed by atoms with van der Waals surface area (Å²) in [5.41, 5.74) is 1.98. The molecule has 140 valence electrons. The number of hydrogen-bond acceptors (Lipinski definition) is 3. The summed E-state index contributed by atoms with van der Waals surface area (Å²) in [6, 6.07) is 11.9. The van der Waals surface area contributed by atoms with Crippen LogP contribution in [0.4, 0.5) is 0 Å². The van der Waals surface area contributed by atoms with Crippen LogP contribution in [-0.2, 0) is 13.1 Å². The molecule has 1 aliphatic heterocycles. The highest BCUT2D eigenvalue weighted by molar-refractivity contribution is 5.98. The number of carbonyl (C=O) groups is 2. The van der Waals surface area contributed by atoms with Crippen LogP contribution in [-0.4, -0.2) is 39.1 Å². The summed E-state index contributed by atoms with van der Waals surface area (Å²) in [5, 5.41) is 7.57. The molecule has 27 heavy (non-hydrogen) atoms. The van der Waals surface area contributed by atoms with Crippen molar-refractivity contribution in [2.75, 3.05) is 6.54 Å². The van der Waals surface area contributed by atoms with Gasteiger partial charge in [0.1, 0.15) is 5.69 Å². The molecule has 3 aliphatic rings. The predicted octanol–water partition coefficient (Wildman–Crippen LogP) is 2.46. The summed E-state index contributed by atoms with van der Waals surface area (Å²) in [4.78, 5) is 27.3. The number of aromatic nitrogens is 2. The topological polar surface area (TPSA) is 67.2 Å². The van der Waals surface area contributed by atoms with Crippen LogP contribution >= 0.6 is 0 Å². The van der Waals surface area contributed by atoms with Crippen LogP contribution in [0.1, 0.15) is 52.2 Å². The fourth-order valence-electron chi connectivity index (χ4n) is 4.97. The Labute approximate surface area is 158 Å². The first-order valence-electron chi connectivity index (χ1n) is 9.89. The van der Waals surface area contributed by atoms with Crippen molar-refractivity contribution in [1.29, 1.82) is 0 Å². The average Bonchev–Trinajstić information content (AvgIpc) is 3.40. The molecule has 0 spiro atoms. The molecule has 2 saturated carbocycles. The Bertz CT molecular complexity index is 876. The average molecular weight is 364 g/mol. The van der Waals surface area contributed by atoms with Gasteiger partial charge in [-0.1, -0.05) is 36.8 Å². The van der Waals surface area contributed by atoms with E-state index in [0.29, 0.717) is 36.9 Å². The summed E-state index contributed by atoms with van der Waals surface area (Å²) in [5.74, 6) is 1.20. The maximum absolute atomic E-state index is 12.8. The van der Waals surface area contributed by atoms with Gasteiger partial charge in [0.25, 0.3) is 11.8 Å². The second-order valence-corrected chi connectivity index (χ2v) is 8.11. The molecule has 2 aliphatic carbocycles. The highest BCUT2D eigenvalue weighted by atomic mass is 16.2. The van der Waals surface area contributed by atoms with Crippen LogP contribution in [0.3, 0.4) is 0 Å². The van der Waals surface area contributed by atoms with Gasteiger partial charge in [-0.15, -0.1) is 0 Å². The van der Waals surface area contributed by atoms with E-state index in [1.165, 1.54) is 19.3 Å². The third kappa shape index (κ3) is 3.03. The third-order valence-corrected chi connectivity index (χ3v) is 6.37. The molecule has 2 heterocycles. The van der Waals surface area contributed by atoms with Gasteiger partial charge < -0.3 is 10.2 Å². The zero-order chi connectivity index (χ0) is 18.4. The molecule has 5 rings (SSSR count).